The predicted molar refractivity (Wildman–Crippen MR) is 62.1 cm³/mol. The van der Waals surface area contributed by atoms with Crippen molar-refractivity contribution in [3.8, 4) is 11.5 Å². The number of carboxylic acids is 1. The zero-order valence-corrected chi connectivity index (χ0v) is 10.8. The fourth-order valence-electron chi connectivity index (χ4n) is 1.08. The lowest BCUT2D eigenvalue weighted by Gasteiger charge is -1.99. The molecule has 0 fully saturated rings. The van der Waals surface area contributed by atoms with Crippen LogP contribution in [0.25, 0.3) is 11.5 Å². The van der Waals surface area contributed by atoms with Crippen LogP contribution in [0.3, 0.4) is 0 Å². The maximum atomic E-state index is 10.6. The molecule has 0 amide bonds. The number of benzene rings is 1. The largest absolute Gasteiger partial charge is 0.474 e. The second-order valence-electron chi connectivity index (χ2n) is 2.84. The van der Waals surface area contributed by atoms with Gasteiger partial charge in [-0.15, -0.1) is 10.2 Å². The van der Waals surface area contributed by atoms with Gasteiger partial charge in [-0.3, -0.25) is 0 Å². The van der Waals surface area contributed by atoms with Gasteiger partial charge in [-0.2, -0.15) is 0 Å². The number of rotatable bonds is 2. The first-order valence-corrected chi connectivity index (χ1v) is 5.69. The number of carbonyl (C=O) groups is 1. The fraction of sp³-hybridized carbons (Fsp3) is 0. The Labute approximate surface area is 107 Å². The van der Waals surface area contributed by atoms with Gasteiger partial charge in [-0.05, 0) is 34.1 Å². The first-order valence-electron chi connectivity index (χ1n) is 4.10. The maximum Gasteiger partial charge on any atom is 0.393 e. The van der Waals surface area contributed by atoms with Gasteiger partial charge in [-0.1, -0.05) is 15.9 Å². The van der Waals surface area contributed by atoms with Crippen molar-refractivity contribution in [3.63, 3.8) is 0 Å². The zero-order chi connectivity index (χ0) is 11.7. The standard InChI is InChI=1S/C9H4Br2N2O3/c10-4-1-2-6(11)5(3-4)7-12-13-8(16-7)9(14)15/h1-3H,(H,14,15). The summed E-state index contributed by atoms with van der Waals surface area (Å²) in [6, 6.07) is 5.38. The molecule has 0 saturated heterocycles. The van der Waals surface area contributed by atoms with Crippen LogP contribution in [0.1, 0.15) is 10.7 Å². The minimum absolute atomic E-state index is 0.158. The highest BCUT2D eigenvalue weighted by Gasteiger charge is 2.16. The zero-order valence-electron chi connectivity index (χ0n) is 7.65. The van der Waals surface area contributed by atoms with Crippen LogP contribution in [0.4, 0.5) is 0 Å². The summed E-state index contributed by atoms with van der Waals surface area (Å²) in [7, 11) is 0. The molecule has 1 aromatic heterocycles. The van der Waals surface area contributed by atoms with Gasteiger partial charge >= 0.3 is 11.9 Å². The van der Waals surface area contributed by atoms with Gasteiger partial charge in [0, 0.05) is 8.95 Å². The van der Waals surface area contributed by atoms with Crippen LogP contribution in [0, 0.1) is 0 Å². The average Bonchev–Trinajstić information content (AvgIpc) is 2.70. The molecule has 0 unspecified atom stereocenters. The predicted octanol–water partition coefficient (Wildman–Crippen LogP) is 2.96. The van der Waals surface area contributed by atoms with Crippen LogP contribution in [0.5, 0.6) is 0 Å². The van der Waals surface area contributed by atoms with E-state index in [-0.39, 0.29) is 5.89 Å². The van der Waals surface area contributed by atoms with Gasteiger partial charge in [0.1, 0.15) is 0 Å². The van der Waals surface area contributed by atoms with Gasteiger partial charge in [0.25, 0.3) is 0 Å². The molecule has 1 N–H and O–H groups in total. The summed E-state index contributed by atoms with van der Waals surface area (Å²) < 4.78 is 6.57. The summed E-state index contributed by atoms with van der Waals surface area (Å²) in [5, 5.41) is 15.7. The van der Waals surface area contributed by atoms with E-state index in [2.05, 4.69) is 42.1 Å². The van der Waals surface area contributed by atoms with E-state index >= 15 is 0 Å². The minimum atomic E-state index is -1.25. The highest BCUT2D eigenvalue weighted by Crippen LogP contribution is 2.29. The number of aromatic nitrogens is 2. The number of halogens is 2. The molecule has 2 aromatic rings. The summed E-state index contributed by atoms with van der Waals surface area (Å²) >= 11 is 6.62. The van der Waals surface area contributed by atoms with Crippen molar-refractivity contribution in [3.05, 3.63) is 33.0 Å². The van der Waals surface area contributed by atoms with Crippen LogP contribution >= 0.6 is 31.9 Å². The van der Waals surface area contributed by atoms with Gasteiger partial charge < -0.3 is 9.52 Å². The van der Waals surface area contributed by atoms with Crippen LogP contribution < -0.4 is 0 Å². The fourth-order valence-corrected chi connectivity index (χ4v) is 1.86. The van der Waals surface area contributed by atoms with Crippen LogP contribution in [-0.2, 0) is 0 Å². The second-order valence-corrected chi connectivity index (χ2v) is 4.61. The number of nitrogens with zero attached hydrogens (tertiary/aromatic N) is 2. The summed E-state index contributed by atoms with van der Waals surface area (Å²) in [6.45, 7) is 0. The van der Waals surface area contributed by atoms with Crippen molar-refractivity contribution >= 4 is 37.8 Å². The van der Waals surface area contributed by atoms with Crippen LogP contribution in [-0.4, -0.2) is 21.3 Å². The van der Waals surface area contributed by atoms with Crippen molar-refractivity contribution in [2.75, 3.05) is 0 Å². The smallest absolute Gasteiger partial charge is 0.393 e. The van der Waals surface area contributed by atoms with Crippen molar-refractivity contribution in [2.45, 2.75) is 0 Å². The lowest BCUT2D eigenvalue weighted by Crippen LogP contribution is -1.95. The third kappa shape index (κ3) is 2.14. The summed E-state index contributed by atoms with van der Waals surface area (Å²) in [5.74, 6) is -1.52. The van der Waals surface area contributed by atoms with E-state index < -0.39 is 11.9 Å². The van der Waals surface area contributed by atoms with Crippen molar-refractivity contribution in [1.82, 2.24) is 10.2 Å². The molecule has 16 heavy (non-hydrogen) atoms. The molecular formula is C9H4Br2N2O3. The lowest BCUT2D eigenvalue weighted by atomic mass is 10.2. The molecule has 5 nitrogen and oxygen atoms in total. The van der Waals surface area contributed by atoms with Gasteiger partial charge in [0.15, 0.2) is 0 Å². The van der Waals surface area contributed by atoms with E-state index in [9.17, 15) is 4.79 Å². The molecule has 7 heteroatoms. The number of hydrogen-bond donors (Lipinski definition) is 1. The molecule has 1 heterocycles. The molecule has 0 spiro atoms. The Morgan fingerprint density at radius 3 is 2.69 bits per heavy atom. The Kier molecular flexibility index (Phi) is 3.06. The third-order valence-electron chi connectivity index (χ3n) is 1.77. The van der Waals surface area contributed by atoms with E-state index in [0.29, 0.717) is 5.56 Å². The summed E-state index contributed by atoms with van der Waals surface area (Å²) in [5.41, 5.74) is 0.634. The molecule has 0 aliphatic rings. The molecule has 0 radical (unpaired) electrons. The minimum Gasteiger partial charge on any atom is -0.474 e. The van der Waals surface area contributed by atoms with Gasteiger partial charge in [0.2, 0.25) is 5.89 Å². The number of carboxylic acid groups (broad SMARTS) is 1. The van der Waals surface area contributed by atoms with Gasteiger partial charge in [0.05, 0.1) is 5.56 Å². The average molecular weight is 348 g/mol. The molecule has 1 aromatic carbocycles. The molecule has 0 atom stereocenters. The van der Waals surface area contributed by atoms with Crippen LogP contribution in [0.15, 0.2) is 31.6 Å². The number of aromatic carboxylic acids is 1. The van der Waals surface area contributed by atoms with Crippen molar-refractivity contribution in [2.24, 2.45) is 0 Å². The van der Waals surface area contributed by atoms with Gasteiger partial charge in [-0.25, -0.2) is 4.79 Å². The first kappa shape index (κ1) is 11.3. The maximum absolute atomic E-state index is 10.6. The molecular weight excluding hydrogens is 344 g/mol. The Hall–Kier alpha value is -1.21. The molecule has 0 bridgehead atoms. The first-order chi connectivity index (χ1) is 7.58. The Morgan fingerprint density at radius 1 is 1.31 bits per heavy atom. The molecule has 0 aliphatic carbocycles. The monoisotopic (exact) mass is 346 g/mol. The Bertz CT molecular complexity index is 553. The lowest BCUT2D eigenvalue weighted by molar-refractivity contribution is 0.0654. The molecule has 0 saturated carbocycles. The third-order valence-corrected chi connectivity index (χ3v) is 2.95. The highest BCUT2D eigenvalue weighted by atomic mass is 79.9. The van der Waals surface area contributed by atoms with Crippen molar-refractivity contribution < 1.29 is 14.3 Å². The summed E-state index contributed by atoms with van der Waals surface area (Å²) in [4.78, 5) is 10.6. The number of hydrogen-bond acceptors (Lipinski definition) is 4. The molecule has 0 aliphatic heterocycles. The normalized spacial score (nSPS) is 10.4. The van der Waals surface area contributed by atoms with E-state index in [4.69, 9.17) is 9.52 Å². The van der Waals surface area contributed by atoms with E-state index in [0.717, 1.165) is 8.95 Å². The highest BCUT2D eigenvalue weighted by molar-refractivity contribution is 9.11. The van der Waals surface area contributed by atoms with E-state index in [1.165, 1.54) is 0 Å². The Morgan fingerprint density at radius 2 is 2.06 bits per heavy atom. The summed E-state index contributed by atoms with van der Waals surface area (Å²) in [6.07, 6.45) is 0. The second kappa shape index (κ2) is 4.34. The molecule has 82 valence electrons. The van der Waals surface area contributed by atoms with E-state index in [1.807, 2.05) is 6.07 Å². The van der Waals surface area contributed by atoms with Crippen LogP contribution in [0.2, 0.25) is 0 Å². The van der Waals surface area contributed by atoms with Crippen molar-refractivity contribution in [1.29, 1.82) is 0 Å². The topological polar surface area (TPSA) is 76.2 Å². The Balaban J connectivity index is 2.50. The molecule has 2 rings (SSSR count). The van der Waals surface area contributed by atoms with E-state index in [1.54, 1.807) is 12.1 Å². The quantitative estimate of drug-likeness (QED) is 0.903. The SMILES string of the molecule is O=C(O)c1nnc(-c2cc(Br)ccc2Br)o1.